The predicted octanol–water partition coefficient (Wildman–Crippen LogP) is 5.81. The van der Waals surface area contributed by atoms with Crippen molar-refractivity contribution in [3.8, 4) is 38.3 Å². The Bertz CT molecular complexity index is 1500. The Balaban J connectivity index is 1.46. The Morgan fingerprint density at radius 3 is 2.29 bits per heavy atom. The van der Waals surface area contributed by atoms with Crippen LogP contribution < -0.4 is 4.74 Å². The Hall–Kier alpha value is -3.62. The van der Waals surface area contributed by atoms with Crippen LogP contribution in [-0.4, -0.2) is 31.9 Å². The first kappa shape index (κ1) is 18.2. The molecule has 3 aromatic carbocycles. The minimum absolute atomic E-state index is 0.706. The number of fused-ring (bicyclic) bond motifs is 2. The highest BCUT2D eigenvalue weighted by Gasteiger charge is 2.18. The summed E-state index contributed by atoms with van der Waals surface area (Å²) in [5.74, 6) is 1.51. The molecule has 0 spiro atoms. The lowest BCUT2D eigenvalue weighted by Gasteiger charge is -2.03. The van der Waals surface area contributed by atoms with E-state index in [2.05, 4.69) is 28.4 Å². The summed E-state index contributed by atoms with van der Waals surface area (Å²) in [5.41, 5.74) is 4.05. The average molecular weight is 442 g/mol. The maximum Gasteiger partial charge on any atom is 0.235 e. The van der Waals surface area contributed by atoms with Crippen LogP contribution in [-0.2, 0) is 0 Å². The van der Waals surface area contributed by atoms with Crippen molar-refractivity contribution in [3.05, 3.63) is 72.8 Å². The Morgan fingerprint density at radius 2 is 1.52 bits per heavy atom. The summed E-state index contributed by atoms with van der Waals surface area (Å²) < 4.78 is 8.23. The molecule has 0 saturated carbocycles. The largest absolute Gasteiger partial charge is 0.497 e. The molecule has 0 fully saturated rings. The van der Waals surface area contributed by atoms with Crippen LogP contribution in [0.2, 0.25) is 0 Å². The van der Waals surface area contributed by atoms with Crippen molar-refractivity contribution < 1.29 is 4.74 Å². The number of nitrogens with zero attached hydrogens (tertiary/aromatic N) is 5. The molecule has 0 aliphatic heterocycles. The molecule has 0 radical (unpaired) electrons. The van der Waals surface area contributed by atoms with Gasteiger partial charge < -0.3 is 4.74 Å². The average Bonchev–Trinajstić information content (AvgIpc) is 3.53. The first-order chi connectivity index (χ1) is 15.3. The van der Waals surface area contributed by atoms with Crippen molar-refractivity contribution in [1.29, 1.82) is 0 Å². The fourth-order valence-corrected chi connectivity index (χ4v) is 5.37. The van der Waals surface area contributed by atoms with E-state index < -0.39 is 0 Å². The summed E-state index contributed by atoms with van der Waals surface area (Å²) in [6.07, 6.45) is 0. The van der Waals surface area contributed by atoms with Crippen LogP contribution in [0.3, 0.4) is 0 Å². The number of hydrogen-bond donors (Lipinski definition) is 0. The molecule has 0 aliphatic carbocycles. The van der Waals surface area contributed by atoms with E-state index in [1.54, 1.807) is 23.0 Å². The van der Waals surface area contributed by atoms with Gasteiger partial charge in [0, 0.05) is 16.7 Å². The predicted molar refractivity (Wildman–Crippen MR) is 125 cm³/mol. The first-order valence-corrected chi connectivity index (χ1v) is 11.3. The molecular weight excluding hydrogens is 426 g/mol. The summed E-state index contributed by atoms with van der Waals surface area (Å²) in [4.78, 5) is 5.59. The second-order valence-electron chi connectivity index (χ2n) is 6.89. The summed E-state index contributed by atoms with van der Waals surface area (Å²) in [6, 6.07) is 24.2. The Labute approximate surface area is 185 Å². The molecule has 8 heteroatoms. The third-order valence-corrected chi connectivity index (χ3v) is 7.02. The zero-order valence-corrected chi connectivity index (χ0v) is 18.0. The summed E-state index contributed by atoms with van der Waals surface area (Å²) in [6.45, 7) is 0. The molecule has 0 aliphatic rings. The lowest BCUT2D eigenvalue weighted by molar-refractivity contribution is 0.415. The topological polar surface area (TPSA) is 65.2 Å². The zero-order chi connectivity index (χ0) is 20.8. The van der Waals surface area contributed by atoms with Crippen molar-refractivity contribution in [3.63, 3.8) is 0 Å². The number of ether oxygens (including phenoxy) is 1. The lowest BCUT2D eigenvalue weighted by atomic mass is 10.1. The van der Waals surface area contributed by atoms with E-state index >= 15 is 0 Å². The lowest BCUT2D eigenvalue weighted by Crippen LogP contribution is -1.92. The quantitative estimate of drug-likeness (QED) is 0.346. The van der Waals surface area contributed by atoms with E-state index in [1.807, 2.05) is 54.6 Å². The minimum Gasteiger partial charge on any atom is -0.497 e. The van der Waals surface area contributed by atoms with Crippen molar-refractivity contribution in [2.75, 3.05) is 7.11 Å². The molecule has 3 heterocycles. The number of benzene rings is 3. The first-order valence-electron chi connectivity index (χ1n) is 9.62. The van der Waals surface area contributed by atoms with E-state index in [-0.39, 0.29) is 0 Å². The molecule has 0 amide bonds. The van der Waals surface area contributed by atoms with Gasteiger partial charge in [-0.2, -0.15) is 9.61 Å². The third-order valence-electron chi connectivity index (χ3n) is 5.02. The van der Waals surface area contributed by atoms with E-state index in [0.717, 1.165) is 42.9 Å². The van der Waals surface area contributed by atoms with Crippen LogP contribution in [0.15, 0.2) is 72.8 Å². The third kappa shape index (κ3) is 3.08. The molecule has 31 heavy (non-hydrogen) atoms. The maximum absolute atomic E-state index is 5.25. The van der Waals surface area contributed by atoms with Gasteiger partial charge in [0.05, 0.1) is 17.3 Å². The fourth-order valence-electron chi connectivity index (χ4n) is 3.49. The highest BCUT2D eigenvalue weighted by molar-refractivity contribution is 7.22. The van der Waals surface area contributed by atoms with Crippen LogP contribution in [0.4, 0.5) is 0 Å². The Kier molecular flexibility index (Phi) is 4.26. The highest BCUT2D eigenvalue weighted by Crippen LogP contribution is 2.38. The minimum atomic E-state index is 0.706. The standard InChI is InChI=1S/C23H15N5OS2/c1-29-15-12-10-14(11-13-15)20-25-26-23-28(20)27-22(31-23)17-7-3-2-6-16(17)21-24-18-8-4-5-9-19(18)30-21/h2-13H,1H3. The Morgan fingerprint density at radius 1 is 0.774 bits per heavy atom. The second kappa shape index (κ2) is 7.26. The molecule has 150 valence electrons. The van der Waals surface area contributed by atoms with Gasteiger partial charge in [0.2, 0.25) is 4.96 Å². The van der Waals surface area contributed by atoms with Crippen molar-refractivity contribution in [2.45, 2.75) is 0 Å². The number of hydrogen-bond acceptors (Lipinski definition) is 7. The zero-order valence-electron chi connectivity index (χ0n) is 16.4. The van der Waals surface area contributed by atoms with Crippen molar-refractivity contribution in [1.82, 2.24) is 24.8 Å². The van der Waals surface area contributed by atoms with Crippen molar-refractivity contribution >= 4 is 37.9 Å². The summed E-state index contributed by atoms with van der Waals surface area (Å²) in [5, 5.41) is 15.4. The number of thiazole rings is 1. The van der Waals surface area contributed by atoms with Crippen LogP contribution in [0, 0.1) is 0 Å². The molecule has 0 atom stereocenters. The molecule has 0 N–H and O–H groups in total. The van der Waals surface area contributed by atoms with Gasteiger partial charge >= 0.3 is 0 Å². The molecule has 3 aromatic heterocycles. The van der Waals surface area contributed by atoms with Gasteiger partial charge in [-0.25, -0.2) is 4.98 Å². The molecule has 0 unspecified atom stereocenters. The second-order valence-corrected chi connectivity index (χ2v) is 8.87. The van der Waals surface area contributed by atoms with Gasteiger partial charge in [0.15, 0.2) is 5.82 Å². The van der Waals surface area contributed by atoms with E-state index in [4.69, 9.17) is 14.8 Å². The van der Waals surface area contributed by atoms with Gasteiger partial charge in [-0.05, 0) is 36.4 Å². The van der Waals surface area contributed by atoms with Crippen LogP contribution in [0.5, 0.6) is 5.75 Å². The normalized spacial score (nSPS) is 11.4. The molecule has 6 nitrogen and oxygen atoms in total. The summed E-state index contributed by atoms with van der Waals surface area (Å²) in [7, 11) is 1.65. The maximum atomic E-state index is 5.25. The van der Waals surface area contributed by atoms with E-state index in [0.29, 0.717) is 5.82 Å². The van der Waals surface area contributed by atoms with Gasteiger partial charge in [-0.15, -0.1) is 21.5 Å². The number of para-hydroxylation sites is 1. The van der Waals surface area contributed by atoms with Crippen LogP contribution >= 0.6 is 22.7 Å². The van der Waals surface area contributed by atoms with E-state index in [9.17, 15) is 0 Å². The van der Waals surface area contributed by atoms with Gasteiger partial charge in [0.25, 0.3) is 0 Å². The van der Waals surface area contributed by atoms with Gasteiger partial charge in [-0.1, -0.05) is 47.7 Å². The molecule has 6 aromatic rings. The SMILES string of the molecule is COc1ccc(-c2nnc3sc(-c4ccccc4-c4nc5ccccc5s4)nn23)cc1. The summed E-state index contributed by atoms with van der Waals surface area (Å²) >= 11 is 3.21. The number of rotatable bonds is 4. The van der Waals surface area contributed by atoms with Crippen molar-refractivity contribution in [2.24, 2.45) is 0 Å². The monoisotopic (exact) mass is 441 g/mol. The molecular formula is C23H15N5OS2. The molecule has 0 saturated heterocycles. The van der Waals surface area contributed by atoms with Crippen LogP contribution in [0.25, 0.3) is 47.7 Å². The van der Waals surface area contributed by atoms with Gasteiger partial charge in [0.1, 0.15) is 15.8 Å². The van der Waals surface area contributed by atoms with E-state index in [1.165, 1.54) is 16.0 Å². The van der Waals surface area contributed by atoms with Crippen LogP contribution in [0.1, 0.15) is 0 Å². The fraction of sp³-hybridized carbons (Fsp3) is 0.0435. The van der Waals surface area contributed by atoms with Gasteiger partial charge in [-0.3, -0.25) is 0 Å². The number of aromatic nitrogens is 5. The number of methoxy groups -OCH3 is 1. The molecule has 0 bridgehead atoms. The smallest absolute Gasteiger partial charge is 0.235 e. The molecule has 6 rings (SSSR count). The highest BCUT2D eigenvalue weighted by atomic mass is 32.1.